The number of hydrogen-bond acceptors (Lipinski definition) is 34. The van der Waals surface area contributed by atoms with E-state index in [2.05, 4.69) is 10.6 Å². The first kappa shape index (κ1) is 85.4. The molecule has 36 heteroatoms. The molecule has 98 heavy (non-hydrogen) atoms. The van der Waals surface area contributed by atoms with E-state index in [9.17, 15) is 102 Å². The number of unbranched alkanes of at least 4 members (excludes halogenated alkanes) is 16. The maximum absolute atomic E-state index is 12.7. The third-order valence-electron chi connectivity index (χ3n) is 18.3. The molecule has 2 amide bonds. The van der Waals surface area contributed by atoms with Gasteiger partial charge in [-0.25, -0.2) is 0 Å². The normalized spacial score (nSPS) is 40.1. The number of carbonyl (C=O) groups is 2. The Labute approximate surface area is 578 Å². The van der Waals surface area contributed by atoms with Gasteiger partial charge in [0, 0.05) is 38.6 Å². The van der Waals surface area contributed by atoms with Gasteiger partial charge in [-0.3, -0.25) is 9.59 Å². The molecule has 574 valence electrons. The molecular weight excluding hydrogens is 1350 g/mol. The zero-order valence-corrected chi connectivity index (χ0v) is 57.3. The molecule has 6 heterocycles. The largest absolute Gasteiger partial charge is 0.394 e. The molecule has 0 unspecified atom stereocenters. The highest BCUT2D eigenvalue weighted by atomic mass is 33.1. The second-order valence-corrected chi connectivity index (χ2v) is 28.5. The average molecular weight is 1460 g/mol. The number of carbonyl (C=O) groups excluding carboxylic acids is 2. The summed E-state index contributed by atoms with van der Waals surface area (Å²) in [6, 6.07) is -2.58. The fourth-order valence-electron chi connectivity index (χ4n) is 12.7. The van der Waals surface area contributed by atoms with Crippen LogP contribution in [0.15, 0.2) is 0 Å². The first-order chi connectivity index (χ1) is 47.0. The Morgan fingerprint density at radius 3 is 0.765 bits per heavy atom. The van der Waals surface area contributed by atoms with Crippen LogP contribution in [0.25, 0.3) is 0 Å². The number of aliphatic hydroxyl groups is 18. The van der Waals surface area contributed by atoms with Gasteiger partial charge >= 0.3 is 0 Å². The van der Waals surface area contributed by atoms with Gasteiger partial charge in [0.15, 0.2) is 37.7 Å². The molecule has 0 bridgehead atoms. The topological polar surface area (TPSA) is 533 Å². The Balaban J connectivity index is 0.815. The van der Waals surface area contributed by atoms with E-state index in [0.29, 0.717) is 12.8 Å². The lowest BCUT2D eigenvalue weighted by Gasteiger charge is -2.50. The summed E-state index contributed by atoms with van der Waals surface area (Å²) in [5.41, 5.74) is 0. The Morgan fingerprint density at radius 2 is 0.520 bits per heavy atom. The molecule has 34 nitrogen and oxygen atoms in total. The van der Waals surface area contributed by atoms with Gasteiger partial charge in [-0.1, -0.05) is 111 Å². The number of aliphatic hydroxyl groups excluding tert-OH is 18. The maximum Gasteiger partial charge on any atom is 0.217 e. The number of rotatable bonds is 43. The Morgan fingerprint density at radius 1 is 0.296 bits per heavy atom. The van der Waals surface area contributed by atoms with Gasteiger partial charge in [0.05, 0.1) is 39.6 Å². The molecule has 0 radical (unpaired) electrons. The van der Waals surface area contributed by atoms with Crippen molar-refractivity contribution in [2.75, 3.05) is 64.4 Å². The zero-order valence-electron chi connectivity index (χ0n) is 55.7. The number of ether oxygens (including phenoxy) is 12. The van der Waals surface area contributed by atoms with Crippen molar-refractivity contribution in [2.45, 2.75) is 314 Å². The van der Waals surface area contributed by atoms with Crippen molar-refractivity contribution in [1.82, 2.24) is 10.6 Å². The molecule has 0 aliphatic carbocycles. The van der Waals surface area contributed by atoms with Crippen molar-refractivity contribution in [3.63, 3.8) is 0 Å². The van der Waals surface area contributed by atoms with Crippen molar-refractivity contribution in [3.8, 4) is 0 Å². The van der Waals surface area contributed by atoms with Gasteiger partial charge in [-0.15, -0.1) is 0 Å². The summed E-state index contributed by atoms with van der Waals surface area (Å²) in [6.45, 7) is -1.94. The zero-order chi connectivity index (χ0) is 71.6. The maximum atomic E-state index is 12.7. The van der Waals surface area contributed by atoms with Crippen LogP contribution in [0, 0.1) is 0 Å². The van der Waals surface area contributed by atoms with Gasteiger partial charge in [0.25, 0.3) is 0 Å². The molecule has 6 saturated heterocycles. The predicted octanol–water partition coefficient (Wildman–Crippen LogP) is -5.39. The smallest absolute Gasteiger partial charge is 0.217 e. The van der Waals surface area contributed by atoms with E-state index < -0.39 is 236 Å². The van der Waals surface area contributed by atoms with E-state index in [1.165, 1.54) is 13.8 Å². The van der Waals surface area contributed by atoms with Crippen molar-refractivity contribution >= 4 is 33.4 Å². The molecule has 6 fully saturated rings. The SMILES string of the molecule is CC(=O)N[C@H]1[C@H](OCCCCCCCCCCCSSCCCCCCCCCCCO[C@@H]2O[C@H](CO)[C@@H](O[C@@H]3O[C@H](CO)[C@H](O)[C@H](O)[C@H]3O)[C@H](O[C@@H]3O[C@@H](CO)[C@@H](O)[C@@H](O)[C@@H]3O)[C@H]2NC(C)=O)O[C@H](CO)[C@@H](O[C@@H]2O[C@H](CO)[C@H](O)[C@H](O)[C@H]2O)[C@@H]1O[C@@H]1O[C@@H](CO)[C@@H](O)[C@@H](O)[C@@H]1O. The molecule has 6 aliphatic heterocycles. The minimum atomic E-state index is -1.90. The average Bonchev–Trinajstić information content (AvgIpc) is 0.774. The highest BCUT2D eigenvalue weighted by molar-refractivity contribution is 8.76. The second kappa shape index (κ2) is 44.4. The summed E-state index contributed by atoms with van der Waals surface area (Å²) >= 11 is 0. The van der Waals surface area contributed by atoms with Crippen LogP contribution in [0.5, 0.6) is 0 Å². The highest BCUT2D eigenvalue weighted by Crippen LogP contribution is 2.37. The summed E-state index contributed by atoms with van der Waals surface area (Å²) in [5.74, 6) is 0.995. The van der Waals surface area contributed by atoms with Crippen molar-refractivity contribution in [3.05, 3.63) is 0 Å². The van der Waals surface area contributed by atoms with Crippen molar-refractivity contribution in [2.24, 2.45) is 0 Å². The van der Waals surface area contributed by atoms with E-state index in [4.69, 9.17) is 56.8 Å². The van der Waals surface area contributed by atoms with Gasteiger partial charge in [0.2, 0.25) is 11.8 Å². The molecule has 6 rings (SSSR count). The third kappa shape index (κ3) is 24.5. The first-order valence-electron chi connectivity index (χ1n) is 34.4. The Hall–Kier alpha value is -1.56. The van der Waals surface area contributed by atoms with Gasteiger partial charge < -0.3 is 159 Å². The summed E-state index contributed by atoms with van der Waals surface area (Å²) in [6.07, 6.45) is -27.9. The fraction of sp³-hybridized carbons (Fsp3) is 0.968. The minimum absolute atomic E-state index is 0.151. The number of hydrogen-bond donors (Lipinski definition) is 20. The number of nitrogens with one attached hydrogen (secondary N) is 2. The molecule has 0 aromatic carbocycles. The van der Waals surface area contributed by atoms with E-state index in [1.807, 2.05) is 21.6 Å². The minimum Gasteiger partial charge on any atom is -0.394 e. The Bertz CT molecular complexity index is 2050. The van der Waals surface area contributed by atoms with Crippen LogP contribution in [-0.4, -0.2) is 352 Å². The molecule has 0 saturated carbocycles. The lowest BCUT2D eigenvalue weighted by Crippen LogP contribution is -2.70. The van der Waals surface area contributed by atoms with Crippen molar-refractivity contribution < 1.29 is 158 Å². The summed E-state index contributed by atoms with van der Waals surface area (Å²) < 4.78 is 71.3. The van der Waals surface area contributed by atoms with Crippen LogP contribution in [0.4, 0.5) is 0 Å². The van der Waals surface area contributed by atoms with Crippen molar-refractivity contribution in [1.29, 1.82) is 0 Å². The molecule has 20 N–H and O–H groups in total. The van der Waals surface area contributed by atoms with Gasteiger partial charge in [0.1, 0.15) is 146 Å². The fourth-order valence-corrected chi connectivity index (χ4v) is 15.0. The number of amides is 2. The van der Waals surface area contributed by atoms with Crippen LogP contribution in [0.2, 0.25) is 0 Å². The molecule has 30 atom stereocenters. The van der Waals surface area contributed by atoms with Gasteiger partial charge in [-0.05, 0) is 25.7 Å². The highest BCUT2D eigenvalue weighted by Gasteiger charge is 2.58. The van der Waals surface area contributed by atoms with Crippen LogP contribution in [0.1, 0.15) is 129 Å². The summed E-state index contributed by atoms with van der Waals surface area (Å²) in [4.78, 5) is 25.4. The Kier molecular flexibility index (Phi) is 38.7. The van der Waals surface area contributed by atoms with Gasteiger partial charge in [-0.2, -0.15) is 0 Å². The van der Waals surface area contributed by atoms with Crippen LogP contribution in [-0.2, 0) is 66.4 Å². The standard InChI is InChI=1S/C62H112N2O32S2/c1-31(71)63-39-55(95-61-51(83)47(79)43(75)35(27-67)89-61)53(93-59-49(81)45(77)41(73)33(25-65)87-59)37(29-69)91-57(39)85-21-17-13-9-5-3-7-11-15-19-23-97-98-24-20-16-12-8-4-6-10-14-18-22-86-58-40(64-32(2)72)56(96-62-52(84)48(80)44(76)36(28-68)90-62)54(38(30-70)92-58)94-60-50(82)46(78)42(74)34(26-66)88-60/h33-62,65-70,73-84H,3-30H2,1-2H3,(H,63,71)(H,64,72)/t33-,34-,35+,36+,37-,38-,39-,40-,41+,42+,43-,44-,45+,46+,47-,48-,49-,50-,51+,52+,53-,54-,55-,56-,57-,58-,59+,60+,61+,62+/m1/s1. The summed E-state index contributed by atoms with van der Waals surface area (Å²) in [7, 11) is 3.82. The second-order valence-electron chi connectivity index (χ2n) is 25.8. The molecule has 0 aromatic rings. The van der Waals surface area contributed by atoms with Crippen LogP contribution < -0.4 is 10.6 Å². The third-order valence-corrected chi connectivity index (χ3v) is 20.9. The molecule has 0 spiro atoms. The molecular formula is C62H112N2O32S2. The van der Waals surface area contributed by atoms with E-state index in [1.54, 1.807) is 0 Å². The lowest BCUT2D eigenvalue weighted by molar-refractivity contribution is -0.374. The monoisotopic (exact) mass is 1460 g/mol. The van der Waals surface area contributed by atoms with E-state index in [0.717, 1.165) is 114 Å². The van der Waals surface area contributed by atoms with E-state index >= 15 is 0 Å². The van der Waals surface area contributed by atoms with E-state index in [-0.39, 0.29) is 13.2 Å². The summed E-state index contributed by atoms with van der Waals surface area (Å²) in [5, 5.41) is 193. The quantitative estimate of drug-likeness (QED) is 0.0200. The molecule has 0 aromatic heterocycles. The first-order valence-corrected chi connectivity index (χ1v) is 36.9. The lowest BCUT2D eigenvalue weighted by atomic mass is 9.94. The van der Waals surface area contributed by atoms with Crippen LogP contribution in [0.3, 0.4) is 0 Å². The molecule has 6 aliphatic rings. The predicted molar refractivity (Wildman–Crippen MR) is 341 cm³/mol. The van der Waals surface area contributed by atoms with Crippen LogP contribution >= 0.6 is 21.6 Å².